The Balaban J connectivity index is 1.67. The maximum Gasteiger partial charge on any atom is 0.261 e. The molecular formula is C22H21N5O. The maximum atomic E-state index is 13.3. The summed E-state index contributed by atoms with van der Waals surface area (Å²) in [7, 11) is 0. The molecule has 0 bridgehead atoms. The molecule has 0 amide bonds. The van der Waals surface area contributed by atoms with Crippen LogP contribution in [0, 0.1) is 17.2 Å². The van der Waals surface area contributed by atoms with Gasteiger partial charge >= 0.3 is 0 Å². The van der Waals surface area contributed by atoms with Crippen LogP contribution in [0.15, 0.2) is 47.4 Å². The molecule has 2 aliphatic rings. The third kappa shape index (κ3) is 2.84. The summed E-state index contributed by atoms with van der Waals surface area (Å²) in [4.78, 5) is 24.8. The summed E-state index contributed by atoms with van der Waals surface area (Å²) < 4.78 is 1.89. The number of para-hydroxylation sites is 1. The van der Waals surface area contributed by atoms with Gasteiger partial charge in [0.25, 0.3) is 5.56 Å². The van der Waals surface area contributed by atoms with E-state index in [4.69, 9.17) is 4.98 Å². The summed E-state index contributed by atoms with van der Waals surface area (Å²) in [6.45, 7) is 1.53. The van der Waals surface area contributed by atoms with Crippen molar-refractivity contribution in [3.05, 3.63) is 64.3 Å². The number of benzene rings is 1. The van der Waals surface area contributed by atoms with Crippen LogP contribution >= 0.6 is 0 Å². The van der Waals surface area contributed by atoms with Gasteiger partial charge in [0, 0.05) is 19.3 Å². The van der Waals surface area contributed by atoms with Crippen molar-refractivity contribution in [2.24, 2.45) is 5.92 Å². The van der Waals surface area contributed by atoms with Crippen LogP contribution in [0.5, 0.6) is 0 Å². The minimum Gasteiger partial charge on any atom is -0.345 e. The second-order valence-corrected chi connectivity index (χ2v) is 7.68. The van der Waals surface area contributed by atoms with Crippen LogP contribution in [-0.2, 0) is 6.54 Å². The number of nitrogens with zero attached hydrogens (tertiary/aromatic N) is 5. The number of hydrogen-bond donors (Lipinski definition) is 0. The van der Waals surface area contributed by atoms with Crippen LogP contribution in [0.25, 0.3) is 10.9 Å². The van der Waals surface area contributed by atoms with Crippen molar-refractivity contribution in [2.75, 3.05) is 11.4 Å². The molecule has 140 valence electrons. The zero-order valence-corrected chi connectivity index (χ0v) is 15.6. The second kappa shape index (κ2) is 6.75. The number of hydrogen-bond acceptors (Lipinski definition) is 5. The summed E-state index contributed by atoms with van der Waals surface area (Å²) in [6.07, 6.45) is 5.95. The number of pyridine rings is 1. The minimum absolute atomic E-state index is 0.0425. The van der Waals surface area contributed by atoms with Crippen LogP contribution in [0.4, 0.5) is 5.82 Å². The van der Waals surface area contributed by atoms with E-state index in [0.717, 1.165) is 37.3 Å². The molecule has 5 rings (SSSR count). The SMILES string of the molecule is N#Cc1cccnc1N1CCCC1c1nc2ccccc2c(=O)n1CC1CC1. The Kier molecular flexibility index (Phi) is 4.09. The molecular weight excluding hydrogens is 350 g/mol. The molecule has 1 aliphatic carbocycles. The first-order valence-electron chi connectivity index (χ1n) is 9.87. The summed E-state index contributed by atoms with van der Waals surface area (Å²) >= 11 is 0. The third-order valence-corrected chi connectivity index (χ3v) is 5.76. The maximum absolute atomic E-state index is 13.3. The van der Waals surface area contributed by atoms with E-state index in [1.54, 1.807) is 18.3 Å². The highest BCUT2D eigenvalue weighted by Gasteiger charge is 2.34. The van der Waals surface area contributed by atoms with Gasteiger partial charge in [-0.3, -0.25) is 9.36 Å². The summed E-state index contributed by atoms with van der Waals surface area (Å²) in [5.74, 6) is 2.06. The Bertz CT molecular complexity index is 1140. The van der Waals surface area contributed by atoms with Crippen LogP contribution in [0.1, 0.15) is 43.1 Å². The van der Waals surface area contributed by atoms with E-state index in [-0.39, 0.29) is 11.6 Å². The first-order chi connectivity index (χ1) is 13.8. The smallest absolute Gasteiger partial charge is 0.261 e. The summed E-state index contributed by atoms with van der Waals surface area (Å²) in [5.41, 5.74) is 1.34. The molecule has 6 heteroatoms. The molecule has 1 aromatic carbocycles. The van der Waals surface area contributed by atoms with E-state index in [0.29, 0.717) is 22.7 Å². The van der Waals surface area contributed by atoms with E-state index in [2.05, 4.69) is 16.0 Å². The Morgan fingerprint density at radius 2 is 2.00 bits per heavy atom. The van der Waals surface area contributed by atoms with Gasteiger partial charge in [-0.1, -0.05) is 12.1 Å². The minimum atomic E-state index is -0.0435. The molecule has 3 heterocycles. The van der Waals surface area contributed by atoms with Gasteiger partial charge in [-0.05, 0) is 55.9 Å². The molecule has 2 aromatic heterocycles. The molecule has 1 aliphatic heterocycles. The summed E-state index contributed by atoms with van der Waals surface area (Å²) in [6, 6.07) is 13.4. The van der Waals surface area contributed by atoms with Crippen molar-refractivity contribution < 1.29 is 0 Å². The highest BCUT2D eigenvalue weighted by atomic mass is 16.1. The summed E-state index contributed by atoms with van der Waals surface area (Å²) in [5, 5.41) is 10.2. The van der Waals surface area contributed by atoms with Gasteiger partial charge in [-0.2, -0.15) is 5.26 Å². The second-order valence-electron chi connectivity index (χ2n) is 7.68. The topological polar surface area (TPSA) is 74.8 Å². The molecule has 1 saturated carbocycles. The molecule has 0 N–H and O–H groups in total. The molecule has 6 nitrogen and oxygen atoms in total. The third-order valence-electron chi connectivity index (χ3n) is 5.76. The lowest BCUT2D eigenvalue weighted by molar-refractivity contribution is 0.526. The predicted octanol–water partition coefficient (Wildman–Crippen LogP) is 3.41. The van der Waals surface area contributed by atoms with Crippen molar-refractivity contribution in [3.8, 4) is 6.07 Å². The molecule has 1 saturated heterocycles. The molecule has 1 atom stereocenters. The van der Waals surface area contributed by atoms with Gasteiger partial charge in [0.15, 0.2) is 0 Å². The molecule has 28 heavy (non-hydrogen) atoms. The van der Waals surface area contributed by atoms with E-state index in [1.165, 1.54) is 12.8 Å². The standard InChI is InChI=1S/C22H21N5O/c23-13-16-5-3-11-24-20(16)26-12-4-8-19(26)21-25-18-7-2-1-6-17(18)22(28)27(21)14-15-9-10-15/h1-3,5-7,11,15,19H,4,8-10,12,14H2. The molecule has 2 fully saturated rings. The molecule has 3 aromatic rings. The van der Waals surface area contributed by atoms with E-state index < -0.39 is 0 Å². The average Bonchev–Trinajstić information content (AvgIpc) is 3.43. The molecule has 0 radical (unpaired) electrons. The Labute approximate surface area is 163 Å². The van der Waals surface area contributed by atoms with Gasteiger partial charge in [0.2, 0.25) is 0 Å². The predicted molar refractivity (Wildman–Crippen MR) is 107 cm³/mol. The Hall–Kier alpha value is -3.20. The average molecular weight is 371 g/mol. The number of aromatic nitrogens is 3. The fraction of sp³-hybridized carbons (Fsp3) is 0.364. The number of nitriles is 1. The van der Waals surface area contributed by atoms with Gasteiger partial charge < -0.3 is 4.90 Å². The van der Waals surface area contributed by atoms with Crippen molar-refractivity contribution >= 4 is 16.7 Å². The number of anilines is 1. The van der Waals surface area contributed by atoms with Gasteiger partial charge in [0.05, 0.1) is 22.5 Å². The van der Waals surface area contributed by atoms with Crippen molar-refractivity contribution in [1.82, 2.24) is 14.5 Å². The fourth-order valence-electron chi connectivity index (χ4n) is 4.18. The molecule has 0 spiro atoms. The van der Waals surface area contributed by atoms with Crippen LogP contribution in [0.2, 0.25) is 0 Å². The number of rotatable bonds is 4. The monoisotopic (exact) mass is 371 g/mol. The van der Waals surface area contributed by atoms with E-state index >= 15 is 0 Å². The van der Waals surface area contributed by atoms with Gasteiger partial charge in [-0.15, -0.1) is 0 Å². The van der Waals surface area contributed by atoms with Crippen molar-refractivity contribution in [2.45, 2.75) is 38.3 Å². The first kappa shape index (κ1) is 16.9. The number of fused-ring (bicyclic) bond motifs is 1. The first-order valence-corrected chi connectivity index (χ1v) is 9.87. The zero-order chi connectivity index (χ0) is 19.1. The van der Waals surface area contributed by atoms with E-state index in [1.807, 2.05) is 28.8 Å². The van der Waals surface area contributed by atoms with Crippen molar-refractivity contribution in [3.63, 3.8) is 0 Å². The van der Waals surface area contributed by atoms with Crippen LogP contribution in [0.3, 0.4) is 0 Å². The lowest BCUT2D eigenvalue weighted by Crippen LogP contribution is -2.33. The van der Waals surface area contributed by atoms with Crippen LogP contribution < -0.4 is 10.5 Å². The normalized spacial score (nSPS) is 19.1. The lowest BCUT2D eigenvalue weighted by Gasteiger charge is -2.28. The highest BCUT2D eigenvalue weighted by Crippen LogP contribution is 2.37. The molecule has 1 unspecified atom stereocenters. The van der Waals surface area contributed by atoms with Crippen LogP contribution in [-0.4, -0.2) is 21.1 Å². The van der Waals surface area contributed by atoms with Crippen molar-refractivity contribution in [1.29, 1.82) is 5.26 Å². The lowest BCUT2D eigenvalue weighted by atomic mass is 10.1. The largest absolute Gasteiger partial charge is 0.345 e. The Morgan fingerprint density at radius 3 is 2.82 bits per heavy atom. The fourth-order valence-corrected chi connectivity index (χ4v) is 4.18. The quantitative estimate of drug-likeness (QED) is 0.702. The Morgan fingerprint density at radius 1 is 1.14 bits per heavy atom. The van der Waals surface area contributed by atoms with E-state index in [9.17, 15) is 10.1 Å². The van der Waals surface area contributed by atoms with Gasteiger partial charge in [0.1, 0.15) is 17.7 Å². The van der Waals surface area contributed by atoms with Gasteiger partial charge in [-0.25, -0.2) is 9.97 Å². The zero-order valence-electron chi connectivity index (χ0n) is 15.6. The highest BCUT2D eigenvalue weighted by molar-refractivity contribution is 5.77.